The number of thiazole rings is 1. The lowest BCUT2D eigenvalue weighted by Crippen LogP contribution is -1.89. The predicted octanol–water partition coefficient (Wildman–Crippen LogP) is 3.26. The number of nitrogens with zero attached hydrogens (tertiary/aromatic N) is 1. The van der Waals surface area contributed by atoms with Crippen LogP contribution in [0.4, 0.5) is 0 Å². The first-order valence-corrected chi connectivity index (χ1v) is 5.81. The van der Waals surface area contributed by atoms with E-state index in [4.69, 9.17) is 16.7 Å². The Bertz CT molecular complexity index is 235. The zero-order valence-corrected chi connectivity index (χ0v) is 9.64. The van der Waals surface area contributed by atoms with Crippen molar-refractivity contribution in [3.63, 3.8) is 0 Å². The highest BCUT2D eigenvalue weighted by Gasteiger charge is 2.00. The number of rotatable bonds is 4. The van der Waals surface area contributed by atoms with E-state index in [9.17, 15) is 4.79 Å². The first-order valence-electron chi connectivity index (χ1n) is 4.40. The summed E-state index contributed by atoms with van der Waals surface area (Å²) < 4.78 is 0. The third kappa shape index (κ3) is 6.86. The number of hydrogen-bond acceptors (Lipinski definition) is 3. The molecule has 0 aliphatic rings. The van der Waals surface area contributed by atoms with Gasteiger partial charge in [0.25, 0.3) is 0 Å². The van der Waals surface area contributed by atoms with E-state index in [0.29, 0.717) is 0 Å². The predicted molar refractivity (Wildman–Crippen MR) is 59.3 cm³/mol. The van der Waals surface area contributed by atoms with Crippen molar-refractivity contribution in [1.29, 1.82) is 0 Å². The van der Waals surface area contributed by atoms with Crippen LogP contribution >= 0.6 is 22.9 Å². The van der Waals surface area contributed by atoms with Crippen molar-refractivity contribution in [2.75, 3.05) is 5.88 Å². The van der Waals surface area contributed by atoms with E-state index < -0.39 is 5.97 Å². The topological polar surface area (TPSA) is 50.2 Å². The second-order valence-corrected chi connectivity index (χ2v) is 3.83. The van der Waals surface area contributed by atoms with E-state index in [1.165, 1.54) is 31.0 Å². The summed E-state index contributed by atoms with van der Waals surface area (Å²) in [6.07, 6.45) is 5.06. The molecule has 1 N–H and O–H groups in total. The molecule has 0 radical (unpaired) electrons. The third-order valence-electron chi connectivity index (χ3n) is 1.38. The smallest absolute Gasteiger partial charge is 0.347 e. The Morgan fingerprint density at radius 3 is 2.57 bits per heavy atom. The highest BCUT2D eigenvalue weighted by Crippen LogP contribution is 2.03. The summed E-state index contributed by atoms with van der Waals surface area (Å²) in [6.45, 7) is 2.17. The summed E-state index contributed by atoms with van der Waals surface area (Å²) in [7, 11) is 0. The fraction of sp³-hybridized carbons (Fsp3) is 0.556. The van der Waals surface area contributed by atoms with E-state index in [0.717, 1.165) is 17.2 Å². The fourth-order valence-corrected chi connectivity index (χ4v) is 1.31. The lowest BCUT2D eigenvalue weighted by Gasteiger charge is -1.84. The molecule has 0 fully saturated rings. The summed E-state index contributed by atoms with van der Waals surface area (Å²) in [6, 6.07) is 0. The molecule has 0 bridgehead atoms. The molecule has 0 amide bonds. The van der Waals surface area contributed by atoms with Gasteiger partial charge in [0.15, 0.2) is 0 Å². The highest BCUT2D eigenvalue weighted by atomic mass is 35.5. The second-order valence-electron chi connectivity index (χ2n) is 2.57. The zero-order chi connectivity index (χ0) is 10.8. The van der Waals surface area contributed by atoms with Gasteiger partial charge < -0.3 is 5.11 Å². The Balaban J connectivity index is 0.000000255. The van der Waals surface area contributed by atoms with Crippen molar-refractivity contribution in [2.24, 2.45) is 0 Å². The number of aromatic carboxylic acids is 1. The van der Waals surface area contributed by atoms with Crippen LogP contribution in [0.5, 0.6) is 0 Å². The average Bonchev–Trinajstić information content (AvgIpc) is 2.68. The minimum Gasteiger partial charge on any atom is -0.477 e. The van der Waals surface area contributed by atoms with Crippen molar-refractivity contribution in [1.82, 2.24) is 4.98 Å². The van der Waals surface area contributed by atoms with Gasteiger partial charge in [0.1, 0.15) is 4.88 Å². The van der Waals surface area contributed by atoms with Crippen molar-refractivity contribution in [3.8, 4) is 0 Å². The molecule has 0 aliphatic heterocycles. The molecular formula is C9H14ClNO2S. The molecule has 1 aromatic heterocycles. The van der Waals surface area contributed by atoms with E-state index in [1.54, 1.807) is 0 Å². The van der Waals surface area contributed by atoms with Crippen molar-refractivity contribution < 1.29 is 9.90 Å². The van der Waals surface area contributed by atoms with Gasteiger partial charge in [-0.3, -0.25) is 4.98 Å². The van der Waals surface area contributed by atoms with Gasteiger partial charge in [-0.2, -0.15) is 0 Å². The van der Waals surface area contributed by atoms with Crippen molar-refractivity contribution in [2.45, 2.75) is 26.2 Å². The number of carboxylic acids is 1. The third-order valence-corrected chi connectivity index (χ3v) is 2.41. The van der Waals surface area contributed by atoms with Crippen LogP contribution < -0.4 is 0 Å². The summed E-state index contributed by atoms with van der Waals surface area (Å²) in [5.74, 6) is -0.0825. The number of carboxylic acid groups (broad SMARTS) is 1. The van der Waals surface area contributed by atoms with Crippen LogP contribution in [0.15, 0.2) is 11.7 Å². The fourth-order valence-electron chi connectivity index (χ4n) is 0.666. The maximum atomic E-state index is 10.0. The normalized spacial score (nSPS) is 9.00. The molecule has 0 aliphatic carbocycles. The van der Waals surface area contributed by atoms with Crippen LogP contribution in [0.1, 0.15) is 35.9 Å². The quantitative estimate of drug-likeness (QED) is 0.644. The SMILES string of the molecule is CCCCCCl.O=C(O)c1cncs1. The second kappa shape index (κ2) is 8.97. The average molecular weight is 236 g/mol. The van der Waals surface area contributed by atoms with Crippen LogP contribution in [0.3, 0.4) is 0 Å². The van der Waals surface area contributed by atoms with E-state index in [2.05, 4.69) is 11.9 Å². The number of hydrogen-bond donors (Lipinski definition) is 1. The lowest BCUT2D eigenvalue weighted by molar-refractivity contribution is 0.0702. The van der Waals surface area contributed by atoms with Gasteiger partial charge in [-0.25, -0.2) is 4.79 Å². The largest absolute Gasteiger partial charge is 0.477 e. The van der Waals surface area contributed by atoms with Crippen LogP contribution in [0, 0.1) is 0 Å². The first kappa shape index (κ1) is 13.4. The molecule has 0 atom stereocenters. The summed E-state index contributed by atoms with van der Waals surface area (Å²) in [5, 5.41) is 8.24. The maximum Gasteiger partial charge on any atom is 0.347 e. The van der Waals surface area contributed by atoms with E-state index in [-0.39, 0.29) is 4.88 Å². The minimum atomic E-state index is -0.910. The molecule has 1 aromatic rings. The number of unbranched alkanes of at least 4 members (excludes halogenated alkanes) is 2. The van der Waals surface area contributed by atoms with Gasteiger partial charge in [-0.1, -0.05) is 19.8 Å². The van der Waals surface area contributed by atoms with Gasteiger partial charge in [0.05, 0.1) is 11.7 Å². The summed E-state index contributed by atoms with van der Waals surface area (Å²) >= 11 is 6.50. The zero-order valence-electron chi connectivity index (χ0n) is 8.07. The molecule has 3 nitrogen and oxygen atoms in total. The Morgan fingerprint density at radius 1 is 1.64 bits per heavy atom. The van der Waals surface area contributed by atoms with Crippen LogP contribution in [0.25, 0.3) is 0 Å². The van der Waals surface area contributed by atoms with Gasteiger partial charge in [0.2, 0.25) is 0 Å². The monoisotopic (exact) mass is 235 g/mol. The van der Waals surface area contributed by atoms with Crippen LogP contribution in [-0.2, 0) is 0 Å². The van der Waals surface area contributed by atoms with Gasteiger partial charge in [0, 0.05) is 5.88 Å². The summed E-state index contributed by atoms with van der Waals surface area (Å²) in [4.78, 5) is 13.9. The molecule has 1 heterocycles. The number of halogens is 1. The lowest BCUT2D eigenvalue weighted by atomic mass is 10.3. The molecular weight excluding hydrogens is 222 g/mol. The maximum absolute atomic E-state index is 10.0. The van der Waals surface area contributed by atoms with Crippen molar-refractivity contribution >= 4 is 28.9 Å². The molecule has 0 saturated heterocycles. The Hall–Kier alpha value is -0.610. The Labute approximate surface area is 92.7 Å². The molecule has 5 heteroatoms. The van der Waals surface area contributed by atoms with Crippen LogP contribution in [-0.4, -0.2) is 21.9 Å². The van der Waals surface area contributed by atoms with E-state index >= 15 is 0 Å². The van der Waals surface area contributed by atoms with E-state index in [1.807, 2.05) is 0 Å². The number of aromatic nitrogens is 1. The van der Waals surface area contributed by atoms with Gasteiger partial charge in [-0.15, -0.1) is 22.9 Å². The molecule has 14 heavy (non-hydrogen) atoms. The summed E-state index contributed by atoms with van der Waals surface area (Å²) in [5.41, 5.74) is 1.49. The standard InChI is InChI=1S/C5H11Cl.C4H3NO2S/c1-2-3-4-5-6;6-4(7)3-1-5-2-8-3/h2-5H2,1H3;1-2H,(H,6,7). The molecule has 0 saturated carbocycles. The van der Waals surface area contributed by atoms with Gasteiger partial charge in [-0.05, 0) is 6.42 Å². The highest BCUT2D eigenvalue weighted by molar-refractivity contribution is 7.11. The minimum absolute atomic E-state index is 0.282. The molecule has 0 spiro atoms. The molecule has 0 unspecified atom stereocenters. The van der Waals surface area contributed by atoms with Crippen molar-refractivity contribution in [3.05, 3.63) is 16.6 Å². The van der Waals surface area contributed by atoms with Gasteiger partial charge >= 0.3 is 5.97 Å². The molecule has 80 valence electrons. The first-order chi connectivity index (χ1) is 6.72. The van der Waals surface area contributed by atoms with Crippen LogP contribution in [0.2, 0.25) is 0 Å². The molecule has 1 rings (SSSR count). The number of alkyl halides is 1. The Morgan fingerprint density at radius 2 is 2.36 bits per heavy atom. The number of carbonyl (C=O) groups is 1. The Kier molecular flexibility index (Phi) is 8.57. The molecule has 0 aromatic carbocycles.